The third-order valence-electron chi connectivity index (χ3n) is 6.49. The van der Waals surface area contributed by atoms with Gasteiger partial charge >= 0.3 is 0 Å². The molecular weight excluding hydrogens is 619 g/mol. The largest absolute Gasteiger partial charge is 0.497 e. The third kappa shape index (κ3) is 7.83. The van der Waals surface area contributed by atoms with Crippen molar-refractivity contribution in [3.05, 3.63) is 118 Å². The zero-order chi connectivity index (χ0) is 30.3. The Morgan fingerprint density at radius 3 is 1.24 bits per heavy atom. The van der Waals surface area contributed by atoms with Gasteiger partial charge in [0.1, 0.15) is 11.5 Å². The van der Waals surface area contributed by atoms with Gasteiger partial charge in [-0.1, -0.05) is 47.5 Å². The smallest absolute Gasteiger partial charge is 0.243 e. The first-order chi connectivity index (χ1) is 20.0. The highest BCUT2D eigenvalue weighted by Crippen LogP contribution is 2.25. The Bertz CT molecular complexity index is 1590. The lowest BCUT2D eigenvalue weighted by Gasteiger charge is -2.27. The minimum atomic E-state index is -4.06. The summed E-state index contributed by atoms with van der Waals surface area (Å²) < 4.78 is 68.4. The average molecular weight is 650 g/mol. The number of hydrogen-bond acceptors (Lipinski definition) is 6. The van der Waals surface area contributed by atoms with Crippen LogP contribution >= 0.6 is 23.2 Å². The standard InChI is InChI=1S/C30H30Cl2N2O6S2/c1-39-27-9-13-29(14-10-27)41(35,36)33(21-23-5-3-7-25(31)19-23)17-18-34(22-24-6-4-8-26(32)20-24)42(37,38)30-15-11-28(40-2)12-16-30/h3-16,19-20H,17-18,21-22H2,1-2H3. The summed E-state index contributed by atoms with van der Waals surface area (Å²) in [5.74, 6) is 1.02. The van der Waals surface area contributed by atoms with Gasteiger partial charge in [-0.25, -0.2) is 16.8 Å². The quantitative estimate of drug-likeness (QED) is 0.174. The zero-order valence-corrected chi connectivity index (χ0v) is 26.1. The summed E-state index contributed by atoms with van der Waals surface area (Å²) in [5, 5.41) is 0.915. The highest BCUT2D eigenvalue weighted by molar-refractivity contribution is 7.89. The number of halogens is 2. The van der Waals surface area contributed by atoms with E-state index in [2.05, 4.69) is 0 Å². The van der Waals surface area contributed by atoms with Gasteiger partial charge in [0.2, 0.25) is 20.0 Å². The maximum absolute atomic E-state index is 13.9. The summed E-state index contributed by atoms with van der Waals surface area (Å²) in [6, 6.07) is 25.8. The summed E-state index contributed by atoms with van der Waals surface area (Å²) >= 11 is 12.4. The summed E-state index contributed by atoms with van der Waals surface area (Å²) in [5.41, 5.74) is 1.30. The fourth-order valence-electron chi connectivity index (χ4n) is 4.26. The van der Waals surface area contributed by atoms with Crippen molar-refractivity contribution < 1.29 is 26.3 Å². The number of methoxy groups -OCH3 is 2. The van der Waals surface area contributed by atoms with Gasteiger partial charge in [-0.15, -0.1) is 0 Å². The molecule has 0 radical (unpaired) electrons. The molecule has 0 aliphatic heterocycles. The lowest BCUT2D eigenvalue weighted by Crippen LogP contribution is -2.40. The second-order valence-corrected chi connectivity index (χ2v) is 14.0. The van der Waals surface area contributed by atoms with E-state index >= 15 is 0 Å². The number of sulfonamides is 2. The average Bonchev–Trinajstić information content (AvgIpc) is 2.98. The van der Waals surface area contributed by atoms with E-state index in [9.17, 15) is 16.8 Å². The fraction of sp³-hybridized carbons (Fsp3) is 0.200. The normalized spacial score (nSPS) is 12.0. The van der Waals surface area contributed by atoms with Crippen LogP contribution in [0.3, 0.4) is 0 Å². The predicted octanol–water partition coefficient (Wildman–Crippen LogP) is 6.09. The van der Waals surface area contributed by atoms with E-state index in [1.54, 1.807) is 72.8 Å². The van der Waals surface area contributed by atoms with E-state index in [-0.39, 0.29) is 36.0 Å². The monoisotopic (exact) mass is 648 g/mol. The summed E-state index contributed by atoms with van der Waals surface area (Å²) in [7, 11) is -5.13. The molecule has 0 saturated heterocycles. The van der Waals surface area contributed by atoms with Gasteiger partial charge < -0.3 is 9.47 Å². The molecule has 222 valence electrons. The summed E-state index contributed by atoms with van der Waals surface area (Å²) in [6.45, 7) is -0.335. The van der Waals surface area contributed by atoms with Crippen LogP contribution in [0.1, 0.15) is 11.1 Å². The maximum atomic E-state index is 13.9. The van der Waals surface area contributed by atoms with Crippen LogP contribution in [0, 0.1) is 0 Å². The van der Waals surface area contributed by atoms with Crippen molar-refractivity contribution >= 4 is 43.2 Å². The SMILES string of the molecule is COc1ccc(S(=O)(=O)N(CCN(Cc2cccc(Cl)c2)S(=O)(=O)c2ccc(OC)cc2)Cc2cccc(Cl)c2)cc1. The first-order valence-corrected chi connectivity index (χ1v) is 16.4. The molecule has 0 bridgehead atoms. The molecule has 4 aromatic carbocycles. The van der Waals surface area contributed by atoms with Crippen molar-refractivity contribution in [3.8, 4) is 11.5 Å². The van der Waals surface area contributed by atoms with Crippen molar-refractivity contribution in [2.24, 2.45) is 0 Å². The van der Waals surface area contributed by atoms with E-state index in [0.29, 0.717) is 32.7 Å². The Labute approximate surface area is 257 Å². The molecule has 0 spiro atoms. The molecule has 0 aromatic heterocycles. The molecular formula is C30H30Cl2N2O6S2. The predicted molar refractivity (Wildman–Crippen MR) is 164 cm³/mol. The molecule has 0 heterocycles. The van der Waals surface area contributed by atoms with Crippen LogP contribution in [0.15, 0.2) is 107 Å². The lowest BCUT2D eigenvalue weighted by molar-refractivity contribution is 0.336. The molecule has 0 fully saturated rings. The van der Waals surface area contributed by atoms with Gasteiger partial charge in [-0.05, 0) is 83.9 Å². The van der Waals surface area contributed by atoms with E-state index in [4.69, 9.17) is 32.7 Å². The molecule has 0 N–H and O–H groups in total. The molecule has 0 aliphatic rings. The van der Waals surface area contributed by atoms with Crippen molar-refractivity contribution in [1.82, 2.24) is 8.61 Å². The van der Waals surface area contributed by atoms with Crippen molar-refractivity contribution in [1.29, 1.82) is 0 Å². The molecule has 4 aromatic rings. The Hall–Kier alpha value is -3.12. The van der Waals surface area contributed by atoms with Gasteiger partial charge in [-0.2, -0.15) is 8.61 Å². The van der Waals surface area contributed by atoms with E-state index < -0.39 is 20.0 Å². The molecule has 4 rings (SSSR count). The van der Waals surface area contributed by atoms with Crippen LogP contribution in [0.5, 0.6) is 11.5 Å². The van der Waals surface area contributed by atoms with Crippen molar-refractivity contribution in [3.63, 3.8) is 0 Å². The molecule has 8 nitrogen and oxygen atoms in total. The minimum absolute atomic E-state index is 0.0253. The Balaban J connectivity index is 1.70. The van der Waals surface area contributed by atoms with Gasteiger partial charge in [-0.3, -0.25) is 0 Å². The summed E-state index contributed by atoms with van der Waals surface area (Å²) in [4.78, 5) is 0.0921. The summed E-state index contributed by atoms with van der Waals surface area (Å²) in [6.07, 6.45) is 0. The van der Waals surface area contributed by atoms with Crippen LogP contribution in [0.4, 0.5) is 0 Å². The number of hydrogen-bond donors (Lipinski definition) is 0. The van der Waals surface area contributed by atoms with Gasteiger partial charge in [0.25, 0.3) is 0 Å². The van der Waals surface area contributed by atoms with E-state index in [1.807, 2.05) is 0 Å². The number of rotatable bonds is 13. The van der Waals surface area contributed by atoms with E-state index in [0.717, 1.165) is 0 Å². The highest BCUT2D eigenvalue weighted by Gasteiger charge is 2.30. The van der Waals surface area contributed by atoms with Crippen LogP contribution in [-0.2, 0) is 33.1 Å². The highest BCUT2D eigenvalue weighted by atomic mass is 35.5. The Morgan fingerprint density at radius 2 is 0.929 bits per heavy atom. The molecule has 0 amide bonds. The van der Waals surface area contributed by atoms with Crippen LogP contribution in [0.2, 0.25) is 10.0 Å². The first-order valence-electron chi connectivity index (χ1n) is 12.8. The molecule has 0 unspecified atom stereocenters. The van der Waals surface area contributed by atoms with E-state index in [1.165, 1.54) is 47.1 Å². The van der Waals surface area contributed by atoms with Gasteiger partial charge in [0.15, 0.2) is 0 Å². The Morgan fingerprint density at radius 1 is 0.571 bits per heavy atom. The van der Waals surface area contributed by atoms with Crippen LogP contribution in [0.25, 0.3) is 0 Å². The molecule has 0 atom stereocenters. The minimum Gasteiger partial charge on any atom is -0.497 e. The first kappa shape index (κ1) is 31.8. The molecule has 12 heteroatoms. The maximum Gasteiger partial charge on any atom is 0.243 e. The molecule has 42 heavy (non-hydrogen) atoms. The zero-order valence-electron chi connectivity index (χ0n) is 23.0. The lowest BCUT2D eigenvalue weighted by atomic mass is 10.2. The second-order valence-electron chi connectivity index (χ2n) is 9.29. The Kier molecular flexibility index (Phi) is 10.5. The van der Waals surface area contributed by atoms with Gasteiger partial charge in [0.05, 0.1) is 24.0 Å². The van der Waals surface area contributed by atoms with Crippen molar-refractivity contribution in [2.45, 2.75) is 22.9 Å². The fourth-order valence-corrected chi connectivity index (χ4v) is 7.53. The molecule has 0 aliphatic carbocycles. The topological polar surface area (TPSA) is 93.2 Å². The number of benzene rings is 4. The van der Waals surface area contributed by atoms with Gasteiger partial charge in [0, 0.05) is 36.2 Å². The second kappa shape index (κ2) is 13.9. The number of ether oxygens (including phenoxy) is 2. The third-order valence-corrected chi connectivity index (χ3v) is 10.7. The van der Waals surface area contributed by atoms with Crippen LogP contribution < -0.4 is 9.47 Å². The van der Waals surface area contributed by atoms with Crippen LogP contribution in [-0.4, -0.2) is 52.8 Å². The number of nitrogens with zero attached hydrogens (tertiary/aromatic N) is 2. The molecule has 0 saturated carbocycles. The van der Waals surface area contributed by atoms with Crippen molar-refractivity contribution in [2.75, 3.05) is 27.3 Å².